The first-order chi connectivity index (χ1) is 11.2. The zero-order valence-electron chi connectivity index (χ0n) is 12.8. The zero-order valence-corrected chi connectivity index (χ0v) is 13.6. The third kappa shape index (κ3) is 4.55. The lowest BCUT2D eigenvalue weighted by atomic mass is 10.1. The molecule has 1 aliphatic rings. The minimum atomic E-state index is -0.134. The summed E-state index contributed by atoms with van der Waals surface area (Å²) in [5, 5.41) is 3.45. The lowest BCUT2D eigenvalue weighted by molar-refractivity contribution is 0.0342. The average Bonchev–Trinajstić information content (AvgIpc) is 2.56. The molecule has 0 bridgehead atoms. The molecule has 23 heavy (non-hydrogen) atoms. The second kappa shape index (κ2) is 7.59. The Morgan fingerprint density at radius 3 is 2.57 bits per heavy atom. The van der Waals surface area contributed by atoms with Crippen LogP contribution < -0.4 is 5.32 Å². The van der Waals surface area contributed by atoms with E-state index in [2.05, 4.69) is 10.2 Å². The van der Waals surface area contributed by atoms with Crippen LogP contribution in [0.25, 0.3) is 0 Å². The maximum absolute atomic E-state index is 12.2. The fraction of sp³-hybridized carbons (Fsp3) is 0.278. The van der Waals surface area contributed by atoms with Crippen LogP contribution in [0.1, 0.15) is 15.9 Å². The molecule has 1 heterocycles. The van der Waals surface area contributed by atoms with Gasteiger partial charge < -0.3 is 10.1 Å². The number of ether oxygens (including phenoxy) is 1. The van der Waals surface area contributed by atoms with Gasteiger partial charge in [-0.15, -0.1) is 0 Å². The SMILES string of the molecule is O=C(Nc1cccc(Cl)c1)c1ccc(CN2CCOCC2)cc1. The van der Waals surface area contributed by atoms with Crippen molar-refractivity contribution in [2.45, 2.75) is 6.54 Å². The third-order valence-electron chi connectivity index (χ3n) is 3.81. The van der Waals surface area contributed by atoms with Gasteiger partial charge in [-0.25, -0.2) is 0 Å². The highest BCUT2D eigenvalue weighted by Crippen LogP contribution is 2.16. The quantitative estimate of drug-likeness (QED) is 0.934. The molecule has 2 aromatic carbocycles. The fourth-order valence-electron chi connectivity index (χ4n) is 2.55. The molecule has 3 rings (SSSR count). The van der Waals surface area contributed by atoms with E-state index in [1.165, 1.54) is 5.56 Å². The summed E-state index contributed by atoms with van der Waals surface area (Å²) in [6, 6.07) is 14.8. The number of anilines is 1. The highest BCUT2D eigenvalue weighted by atomic mass is 35.5. The number of benzene rings is 2. The lowest BCUT2D eigenvalue weighted by Gasteiger charge is -2.26. The van der Waals surface area contributed by atoms with Gasteiger partial charge in [0.2, 0.25) is 0 Å². The summed E-state index contributed by atoms with van der Waals surface area (Å²) in [6.07, 6.45) is 0. The van der Waals surface area contributed by atoms with Crippen LogP contribution in [-0.2, 0) is 11.3 Å². The minimum absolute atomic E-state index is 0.134. The molecule has 1 aliphatic heterocycles. The summed E-state index contributed by atoms with van der Waals surface area (Å²) in [4.78, 5) is 14.6. The topological polar surface area (TPSA) is 41.6 Å². The number of nitrogens with zero attached hydrogens (tertiary/aromatic N) is 1. The van der Waals surface area contributed by atoms with E-state index >= 15 is 0 Å². The molecule has 1 amide bonds. The first kappa shape index (κ1) is 16.0. The predicted octanol–water partition coefficient (Wildman–Crippen LogP) is 3.42. The first-order valence-electron chi connectivity index (χ1n) is 7.67. The number of carbonyl (C=O) groups excluding carboxylic acids is 1. The Hall–Kier alpha value is -1.88. The van der Waals surface area contributed by atoms with Crippen LogP contribution in [0.2, 0.25) is 5.02 Å². The molecule has 0 aliphatic carbocycles. The molecule has 0 atom stereocenters. The average molecular weight is 331 g/mol. The van der Waals surface area contributed by atoms with Gasteiger partial charge in [-0.2, -0.15) is 0 Å². The van der Waals surface area contributed by atoms with Crippen LogP contribution in [-0.4, -0.2) is 37.1 Å². The van der Waals surface area contributed by atoms with Crippen LogP contribution in [0, 0.1) is 0 Å². The molecule has 1 N–H and O–H groups in total. The second-order valence-corrected chi connectivity index (χ2v) is 5.99. The van der Waals surface area contributed by atoms with Gasteiger partial charge in [0, 0.05) is 35.9 Å². The van der Waals surface area contributed by atoms with Crippen molar-refractivity contribution in [3.8, 4) is 0 Å². The second-order valence-electron chi connectivity index (χ2n) is 5.55. The zero-order chi connectivity index (χ0) is 16.1. The van der Waals surface area contributed by atoms with Gasteiger partial charge in [0.15, 0.2) is 0 Å². The number of nitrogens with one attached hydrogen (secondary N) is 1. The van der Waals surface area contributed by atoms with E-state index < -0.39 is 0 Å². The molecular weight excluding hydrogens is 312 g/mol. The maximum atomic E-state index is 12.2. The van der Waals surface area contributed by atoms with Crippen molar-refractivity contribution in [2.24, 2.45) is 0 Å². The molecule has 0 spiro atoms. The minimum Gasteiger partial charge on any atom is -0.379 e. The summed E-state index contributed by atoms with van der Waals surface area (Å²) in [6.45, 7) is 4.38. The van der Waals surface area contributed by atoms with Crippen molar-refractivity contribution < 1.29 is 9.53 Å². The maximum Gasteiger partial charge on any atom is 0.255 e. The molecule has 1 saturated heterocycles. The van der Waals surface area contributed by atoms with Gasteiger partial charge in [0.05, 0.1) is 13.2 Å². The standard InChI is InChI=1S/C18H19ClN2O2/c19-16-2-1-3-17(12-16)20-18(22)15-6-4-14(5-7-15)13-21-8-10-23-11-9-21/h1-7,12H,8-11,13H2,(H,20,22). The van der Waals surface area contributed by atoms with Crippen LogP contribution in [0.5, 0.6) is 0 Å². The van der Waals surface area contributed by atoms with Crippen molar-refractivity contribution in [2.75, 3.05) is 31.6 Å². The van der Waals surface area contributed by atoms with E-state index in [1.807, 2.05) is 36.4 Å². The van der Waals surface area contributed by atoms with Gasteiger partial charge in [0.1, 0.15) is 0 Å². The van der Waals surface area contributed by atoms with Crippen molar-refractivity contribution >= 4 is 23.2 Å². The van der Waals surface area contributed by atoms with Crippen LogP contribution in [0.15, 0.2) is 48.5 Å². The normalized spacial score (nSPS) is 15.3. The monoisotopic (exact) mass is 330 g/mol. The summed E-state index contributed by atoms with van der Waals surface area (Å²) < 4.78 is 5.35. The Bertz CT molecular complexity index is 667. The lowest BCUT2D eigenvalue weighted by Crippen LogP contribution is -2.35. The van der Waals surface area contributed by atoms with Gasteiger partial charge in [-0.1, -0.05) is 29.8 Å². The van der Waals surface area contributed by atoms with Crippen molar-refractivity contribution in [3.63, 3.8) is 0 Å². The number of hydrogen-bond acceptors (Lipinski definition) is 3. The van der Waals surface area contributed by atoms with Crippen molar-refractivity contribution in [1.82, 2.24) is 4.90 Å². The van der Waals surface area contributed by atoms with E-state index in [-0.39, 0.29) is 5.91 Å². The number of carbonyl (C=O) groups is 1. The smallest absolute Gasteiger partial charge is 0.255 e. The molecule has 120 valence electrons. The molecule has 4 nitrogen and oxygen atoms in total. The third-order valence-corrected chi connectivity index (χ3v) is 4.04. The molecule has 0 unspecified atom stereocenters. The molecule has 0 aromatic heterocycles. The van der Waals surface area contributed by atoms with Crippen molar-refractivity contribution in [1.29, 1.82) is 0 Å². The Kier molecular flexibility index (Phi) is 5.28. The predicted molar refractivity (Wildman–Crippen MR) is 91.9 cm³/mol. The Balaban J connectivity index is 1.60. The van der Waals surface area contributed by atoms with E-state index in [9.17, 15) is 4.79 Å². The van der Waals surface area contributed by atoms with Crippen molar-refractivity contribution in [3.05, 3.63) is 64.7 Å². The number of morpholine rings is 1. The number of hydrogen-bond donors (Lipinski definition) is 1. The summed E-state index contributed by atoms with van der Waals surface area (Å²) >= 11 is 5.92. The van der Waals surface area contributed by atoms with Gasteiger partial charge in [-0.05, 0) is 35.9 Å². The number of amides is 1. The molecule has 2 aromatic rings. The molecule has 1 fully saturated rings. The summed E-state index contributed by atoms with van der Waals surface area (Å²) in [7, 11) is 0. The Labute approximate surface area is 141 Å². The number of halogens is 1. The Morgan fingerprint density at radius 2 is 1.87 bits per heavy atom. The fourth-order valence-corrected chi connectivity index (χ4v) is 2.74. The van der Waals surface area contributed by atoms with Crippen LogP contribution >= 0.6 is 11.6 Å². The largest absolute Gasteiger partial charge is 0.379 e. The van der Waals surface area contributed by atoms with Gasteiger partial charge >= 0.3 is 0 Å². The van der Waals surface area contributed by atoms with Crippen LogP contribution in [0.4, 0.5) is 5.69 Å². The van der Waals surface area contributed by atoms with E-state index in [0.29, 0.717) is 16.3 Å². The van der Waals surface area contributed by atoms with Crippen LogP contribution in [0.3, 0.4) is 0 Å². The summed E-state index contributed by atoms with van der Waals surface area (Å²) in [5.41, 5.74) is 2.53. The molecular formula is C18H19ClN2O2. The highest BCUT2D eigenvalue weighted by molar-refractivity contribution is 6.30. The molecule has 0 saturated carbocycles. The van der Waals surface area contributed by atoms with Gasteiger partial charge in [0.25, 0.3) is 5.91 Å². The molecule has 0 radical (unpaired) electrons. The molecule has 5 heteroatoms. The van der Waals surface area contributed by atoms with E-state index in [4.69, 9.17) is 16.3 Å². The van der Waals surface area contributed by atoms with Gasteiger partial charge in [-0.3, -0.25) is 9.69 Å². The number of rotatable bonds is 4. The first-order valence-corrected chi connectivity index (χ1v) is 8.04. The summed E-state index contributed by atoms with van der Waals surface area (Å²) in [5.74, 6) is -0.134. The van der Waals surface area contributed by atoms with E-state index in [1.54, 1.807) is 12.1 Å². The van der Waals surface area contributed by atoms with E-state index in [0.717, 1.165) is 32.8 Å². The Morgan fingerprint density at radius 1 is 1.13 bits per heavy atom. The highest BCUT2D eigenvalue weighted by Gasteiger charge is 2.11.